The Bertz CT molecular complexity index is 1150. The van der Waals surface area contributed by atoms with Gasteiger partial charge in [0.2, 0.25) is 5.95 Å². The van der Waals surface area contributed by atoms with Gasteiger partial charge >= 0.3 is 0 Å². The van der Waals surface area contributed by atoms with E-state index in [0.717, 1.165) is 32.0 Å². The molecule has 1 aliphatic rings. The molecule has 0 aliphatic carbocycles. The molecule has 0 saturated carbocycles. The van der Waals surface area contributed by atoms with E-state index in [0.29, 0.717) is 18.2 Å². The minimum Gasteiger partial charge on any atom is -0.369 e. The molecule has 1 atom stereocenters. The molecule has 0 bridgehead atoms. The minimum atomic E-state index is -4.36. The third-order valence-corrected chi connectivity index (χ3v) is 6.94. The molecule has 35 heavy (non-hydrogen) atoms. The molecule has 0 radical (unpaired) electrons. The van der Waals surface area contributed by atoms with Gasteiger partial charge in [-0.1, -0.05) is 20.8 Å². The zero-order valence-corrected chi connectivity index (χ0v) is 22.3. The van der Waals surface area contributed by atoms with Crippen LogP contribution in [-0.2, 0) is 15.4 Å². The lowest BCUT2D eigenvalue weighted by molar-refractivity contribution is 0.0976. The molecule has 1 amide bonds. The van der Waals surface area contributed by atoms with Gasteiger partial charge in [0, 0.05) is 23.2 Å². The van der Waals surface area contributed by atoms with Crippen molar-refractivity contribution in [1.29, 1.82) is 0 Å². The van der Waals surface area contributed by atoms with Gasteiger partial charge in [-0.25, -0.2) is 14.7 Å². The standard InChI is InChI=1S/C23H33FN6O3S.ClH/c1-22(2,3)17-9-8-16(20(24)28-17)21(31)30-34(32,33)19-14-25-13-18(29-19)26-10-6-7-15-11-23(4,5)27-12-15;/h8-9,13-15,27H,6-7,10-12H2,1-5H3,(H,26,29)(H,30,31);1H. The van der Waals surface area contributed by atoms with E-state index in [2.05, 4.69) is 39.4 Å². The smallest absolute Gasteiger partial charge is 0.283 e. The summed E-state index contributed by atoms with van der Waals surface area (Å²) in [6.07, 6.45) is 5.50. The highest BCUT2D eigenvalue weighted by atomic mass is 35.5. The zero-order valence-electron chi connectivity index (χ0n) is 20.7. The Kier molecular flexibility index (Phi) is 9.18. The molecular weight excluding hydrogens is 495 g/mol. The van der Waals surface area contributed by atoms with Gasteiger partial charge in [0.25, 0.3) is 15.9 Å². The first-order valence-electron chi connectivity index (χ1n) is 11.3. The van der Waals surface area contributed by atoms with Gasteiger partial charge in [-0.15, -0.1) is 12.4 Å². The van der Waals surface area contributed by atoms with Crippen molar-refractivity contribution in [3.8, 4) is 0 Å². The second kappa shape index (κ2) is 11.1. The van der Waals surface area contributed by atoms with Gasteiger partial charge < -0.3 is 10.6 Å². The number of aromatic nitrogens is 3. The number of amides is 1. The van der Waals surface area contributed by atoms with Crippen molar-refractivity contribution in [1.82, 2.24) is 25.0 Å². The summed E-state index contributed by atoms with van der Waals surface area (Å²) in [5.74, 6) is -1.28. The fourth-order valence-corrected chi connectivity index (χ4v) is 4.79. The van der Waals surface area contributed by atoms with Crippen LogP contribution in [0, 0.1) is 11.9 Å². The van der Waals surface area contributed by atoms with Crippen LogP contribution in [0.25, 0.3) is 0 Å². The Labute approximate surface area is 212 Å². The van der Waals surface area contributed by atoms with Gasteiger partial charge in [-0.05, 0) is 57.7 Å². The maximum atomic E-state index is 14.4. The number of carbonyl (C=O) groups excluding carboxylic acids is 1. The summed E-state index contributed by atoms with van der Waals surface area (Å²) in [6.45, 7) is 11.5. The van der Waals surface area contributed by atoms with E-state index < -0.39 is 37.9 Å². The Balaban J connectivity index is 0.00000432. The number of nitrogens with zero attached hydrogens (tertiary/aromatic N) is 3. The second-order valence-corrected chi connectivity index (χ2v) is 12.0. The number of pyridine rings is 1. The Morgan fingerprint density at radius 1 is 1.23 bits per heavy atom. The monoisotopic (exact) mass is 528 g/mol. The largest absolute Gasteiger partial charge is 0.369 e. The van der Waals surface area contributed by atoms with Crippen LogP contribution < -0.4 is 15.4 Å². The van der Waals surface area contributed by atoms with Crippen molar-refractivity contribution in [2.24, 2.45) is 5.92 Å². The molecule has 2 aromatic rings. The first kappa shape index (κ1) is 28.9. The van der Waals surface area contributed by atoms with Crippen molar-refractivity contribution in [3.63, 3.8) is 0 Å². The first-order valence-corrected chi connectivity index (χ1v) is 12.8. The predicted octanol–water partition coefficient (Wildman–Crippen LogP) is 3.43. The average Bonchev–Trinajstić information content (AvgIpc) is 3.09. The number of hydrogen-bond acceptors (Lipinski definition) is 8. The van der Waals surface area contributed by atoms with Crippen LogP contribution in [0.2, 0.25) is 0 Å². The van der Waals surface area contributed by atoms with Crippen molar-refractivity contribution < 1.29 is 17.6 Å². The number of halogens is 2. The summed E-state index contributed by atoms with van der Waals surface area (Å²) in [5, 5.41) is 6.13. The van der Waals surface area contributed by atoms with Crippen molar-refractivity contribution in [3.05, 3.63) is 41.7 Å². The van der Waals surface area contributed by atoms with E-state index in [4.69, 9.17) is 0 Å². The number of sulfonamides is 1. The van der Waals surface area contributed by atoms with Crippen molar-refractivity contribution in [2.45, 2.75) is 69.9 Å². The second-order valence-electron chi connectivity index (χ2n) is 10.4. The molecule has 194 valence electrons. The summed E-state index contributed by atoms with van der Waals surface area (Å²) >= 11 is 0. The van der Waals surface area contributed by atoms with Crippen molar-refractivity contribution >= 4 is 34.2 Å². The van der Waals surface area contributed by atoms with Crippen LogP contribution in [0.15, 0.2) is 29.6 Å². The Morgan fingerprint density at radius 3 is 2.54 bits per heavy atom. The third kappa shape index (κ3) is 7.81. The number of nitrogens with one attached hydrogen (secondary N) is 3. The summed E-state index contributed by atoms with van der Waals surface area (Å²) in [6, 6.07) is 2.72. The number of carbonyl (C=O) groups is 1. The van der Waals surface area contributed by atoms with Gasteiger partial charge in [-0.2, -0.15) is 12.8 Å². The van der Waals surface area contributed by atoms with E-state index in [1.54, 1.807) is 0 Å². The molecule has 3 rings (SSSR count). The quantitative estimate of drug-likeness (QED) is 0.351. The molecule has 3 heterocycles. The lowest BCUT2D eigenvalue weighted by Crippen LogP contribution is -2.32. The van der Waals surface area contributed by atoms with Crippen LogP contribution in [0.5, 0.6) is 0 Å². The lowest BCUT2D eigenvalue weighted by Gasteiger charge is -2.18. The SMILES string of the molecule is CC1(C)CC(CCCNc2cncc(S(=O)(=O)NC(=O)c3ccc(C(C)(C)C)nc3F)n2)CN1.Cl. The average molecular weight is 529 g/mol. The maximum absolute atomic E-state index is 14.4. The highest BCUT2D eigenvalue weighted by Crippen LogP contribution is 2.26. The fraction of sp³-hybridized carbons (Fsp3) is 0.565. The normalized spacial score (nSPS) is 17.5. The van der Waals surface area contributed by atoms with Crippen LogP contribution in [-0.4, -0.2) is 47.9 Å². The van der Waals surface area contributed by atoms with Gasteiger partial charge in [-0.3, -0.25) is 9.78 Å². The highest BCUT2D eigenvalue weighted by molar-refractivity contribution is 7.90. The number of rotatable bonds is 8. The van der Waals surface area contributed by atoms with Gasteiger partial charge in [0.15, 0.2) is 5.03 Å². The first-order chi connectivity index (χ1) is 15.8. The molecule has 2 aromatic heterocycles. The van der Waals surface area contributed by atoms with Gasteiger partial charge in [0.1, 0.15) is 5.82 Å². The molecule has 1 unspecified atom stereocenters. The molecule has 1 fully saturated rings. The fourth-order valence-electron chi connectivity index (χ4n) is 3.91. The molecule has 0 aromatic carbocycles. The lowest BCUT2D eigenvalue weighted by atomic mass is 9.91. The highest BCUT2D eigenvalue weighted by Gasteiger charge is 2.29. The zero-order chi connectivity index (χ0) is 25.1. The molecule has 3 N–H and O–H groups in total. The van der Waals surface area contributed by atoms with E-state index in [1.165, 1.54) is 18.3 Å². The number of anilines is 1. The molecule has 12 heteroatoms. The summed E-state index contributed by atoms with van der Waals surface area (Å²) in [4.78, 5) is 24.2. The summed E-state index contributed by atoms with van der Waals surface area (Å²) < 4.78 is 41.6. The third-order valence-electron chi connectivity index (χ3n) is 5.74. The molecule has 1 saturated heterocycles. The van der Waals surface area contributed by atoms with Crippen molar-refractivity contribution in [2.75, 3.05) is 18.4 Å². The predicted molar refractivity (Wildman–Crippen MR) is 135 cm³/mol. The van der Waals surface area contributed by atoms with Crippen LogP contribution >= 0.6 is 12.4 Å². The topological polar surface area (TPSA) is 126 Å². The Hall–Kier alpha value is -2.37. The molecule has 0 spiro atoms. The molecule has 1 aliphatic heterocycles. The van der Waals surface area contributed by atoms with Gasteiger partial charge in [0.05, 0.1) is 18.0 Å². The molecular formula is C23H34ClFN6O3S. The minimum absolute atomic E-state index is 0. The van der Waals surface area contributed by atoms with E-state index in [9.17, 15) is 17.6 Å². The van der Waals surface area contributed by atoms with E-state index in [1.807, 2.05) is 25.5 Å². The Morgan fingerprint density at radius 2 is 1.94 bits per heavy atom. The van der Waals surface area contributed by atoms with E-state index in [-0.39, 0.29) is 23.8 Å². The van der Waals surface area contributed by atoms with Crippen LogP contribution in [0.4, 0.5) is 10.2 Å². The van der Waals surface area contributed by atoms with E-state index >= 15 is 0 Å². The molecule has 9 nitrogen and oxygen atoms in total. The summed E-state index contributed by atoms with van der Waals surface area (Å²) in [7, 11) is -4.36. The maximum Gasteiger partial charge on any atom is 0.283 e. The summed E-state index contributed by atoms with van der Waals surface area (Å²) in [5.41, 5.74) is -0.273. The van der Waals surface area contributed by atoms with Crippen LogP contribution in [0.1, 0.15) is 69.9 Å². The van der Waals surface area contributed by atoms with Crippen LogP contribution in [0.3, 0.4) is 0 Å². The number of hydrogen-bond donors (Lipinski definition) is 3.